The van der Waals surface area contributed by atoms with Crippen LogP contribution in [0.2, 0.25) is 0 Å². The molecule has 0 bridgehead atoms. The van der Waals surface area contributed by atoms with Crippen molar-refractivity contribution in [2.75, 3.05) is 25.1 Å². The maximum Gasteiger partial charge on any atom is 0.252 e. The molecule has 0 amide bonds. The number of hydrogen-bond acceptors (Lipinski definition) is 6. The molecule has 0 radical (unpaired) electrons. The van der Waals surface area contributed by atoms with Gasteiger partial charge in [-0.3, -0.25) is 14.4 Å². The molecule has 0 spiro atoms. The van der Waals surface area contributed by atoms with Crippen LogP contribution in [0.1, 0.15) is 51.8 Å². The van der Waals surface area contributed by atoms with Crippen molar-refractivity contribution in [1.29, 1.82) is 5.26 Å². The highest BCUT2D eigenvalue weighted by atomic mass is 19.1. The highest BCUT2D eigenvalue weighted by Crippen LogP contribution is 2.37. The molecule has 1 fully saturated rings. The molecule has 4 rings (SSSR count). The second-order valence-electron chi connectivity index (χ2n) is 10.3. The molecule has 0 aliphatic carbocycles. The second-order valence-corrected chi connectivity index (χ2v) is 10.3. The van der Waals surface area contributed by atoms with Gasteiger partial charge in [0.2, 0.25) is 0 Å². The predicted molar refractivity (Wildman–Crippen MR) is 138 cm³/mol. The van der Waals surface area contributed by atoms with Gasteiger partial charge in [0.25, 0.3) is 5.56 Å². The number of nitrogens with zero attached hydrogens (tertiary/aromatic N) is 6. The van der Waals surface area contributed by atoms with E-state index in [1.165, 1.54) is 6.07 Å². The van der Waals surface area contributed by atoms with Gasteiger partial charge in [0.1, 0.15) is 17.9 Å². The van der Waals surface area contributed by atoms with Crippen LogP contribution in [0.5, 0.6) is 0 Å². The number of hydrogen-bond donors (Lipinski definition) is 0. The number of methoxy groups -OCH3 is 1. The summed E-state index contributed by atoms with van der Waals surface area (Å²) in [5.41, 5.74) is 3.37. The van der Waals surface area contributed by atoms with Gasteiger partial charge in [-0.2, -0.15) is 10.4 Å². The number of benzene rings is 1. The first kappa shape index (κ1) is 25.9. The standard InChI is InChI=1S/C27H35FN6O2/c1-17-15-34(23-13-25(35)31(6)24-16-32(11-10-29)30-26(23)24)18(2)14-33(17)19(3)21-9-8-20(28)12-22(21)27(4,5)36-7/h8-9,12-13,16-19H,11,14-15H2,1-7H3/t17-,18+,19?/m1/s1. The van der Waals surface area contributed by atoms with Gasteiger partial charge in [-0.1, -0.05) is 6.07 Å². The number of piperazine rings is 1. The van der Waals surface area contributed by atoms with Crippen LogP contribution in [0, 0.1) is 17.1 Å². The molecule has 2 aromatic heterocycles. The van der Waals surface area contributed by atoms with E-state index in [-0.39, 0.29) is 36.0 Å². The van der Waals surface area contributed by atoms with E-state index in [4.69, 9.17) is 10.00 Å². The number of pyridine rings is 1. The Labute approximate surface area is 211 Å². The predicted octanol–water partition coefficient (Wildman–Crippen LogP) is 3.94. The van der Waals surface area contributed by atoms with Crippen molar-refractivity contribution in [3.05, 3.63) is 57.8 Å². The lowest BCUT2D eigenvalue weighted by atomic mass is 9.88. The quantitative estimate of drug-likeness (QED) is 0.517. The van der Waals surface area contributed by atoms with Crippen molar-refractivity contribution < 1.29 is 9.13 Å². The zero-order valence-corrected chi connectivity index (χ0v) is 22.1. The summed E-state index contributed by atoms with van der Waals surface area (Å²) in [6.45, 7) is 12.0. The normalized spacial score (nSPS) is 20.0. The van der Waals surface area contributed by atoms with Gasteiger partial charge >= 0.3 is 0 Å². The van der Waals surface area contributed by atoms with Crippen LogP contribution in [-0.4, -0.2) is 51.5 Å². The third kappa shape index (κ3) is 4.51. The van der Waals surface area contributed by atoms with Gasteiger partial charge in [0.05, 0.1) is 29.1 Å². The van der Waals surface area contributed by atoms with Crippen LogP contribution >= 0.6 is 0 Å². The number of aromatic nitrogens is 3. The zero-order valence-electron chi connectivity index (χ0n) is 22.1. The molecule has 3 atom stereocenters. The Bertz CT molecular complexity index is 1370. The Morgan fingerprint density at radius 1 is 1.25 bits per heavy atom. The van der Waals surface area contributed by atoms with Crippen molar-refractivity contribution in [2.45, 2.75) is 64.9 Å². The lowest BCUT2D eigenvalue weighted by Crippen LogP contribution is -2.57. The maximum atomic E-state index is 14.2. The number of ether oxygens (including phenoxy) is 1. The first-order chi connectivity index (χ1) is 17.0. The van der Waals surface area contributed by atoms with E-state index in [0.717, 1.165) is 28.9 Å². The first-order valence-corrected chi connectivity index (χ1v) is 12.3. The highest BCUT2D eigenvalue weighted by molar-refractivity contribution is 5.88. The molecule has 1 saturated heterocycles. The summed E-state index contributed by atoms with van der Waals surface area (Å²) in [7, 11) is 3.37. The van der Waals surface area contributed by atoms with Crippen LogP contribution in [0.15, 0.2) is 35.3 Å². The number of rotatable bonds is 6. The Morgan fingerprint density at radius 2 is 1.97 bits per heavy atom. The Hall–Kier alpha value is -3.22. The van der Waals surface area contributed by atoms with E-state index in [0.29, 0.717) is 12.1 Å². The summed E-state index contributed by atoms with van der Waals surface area (Å²) in [4.78, 5) is 17.4. The largest absolute Gasteiger partial charge is 0.374 e. The van der Waals surface area contributed by atoms with E-state index in [1.54, 1.807) is 41.7 Å². The van der Waals surface area contributed by atoms with Gasteiger partial charge in [0.15, 0.2) is 0 Å². The van der Waals surface area contributed by atoms with Crippen LogP contribution in [0.25, 0.3) is 11.0 Å². The van der Waals surface area contributed by atoms with E-state index in [9.17, 15) is 9.18 Å². The summed E-state index contributed by atoms with van der Waals surface area (Å²) in [6.07, 6.45) is 1.75. The summed E-state index contributed by atoms with van der Waals surface area (Å²) in [5.74, 6) is -0.275. The van der Waals surface area contributed by atoms with Crippen LogP contribution in [0.4, 0.5) is 10.1 Å². The molecule has 36 heavy (non-hydrogen) atoms. The molecule has 9 heteroatoms. The summed E-state index contributed by atoms with van der Waals surface area (Å²) < 4.78 is 23.1. The van der Waals surface area contributed by atoms with Gasteiger partial charge < -0.3 is 14.2 Å². The van der Waals surface area contributed by atoms with E-state index < -0.39 is 5.60 Å². The first-order valence-electron chi connectivity index (χ1n) is 12.3. The molecule has 1 aliphatic heterocycles. The summed E-state index contributed by atoms with van der Waals surface area (Å²) in [6, 6.07) is 9.00. The number of nitriles is 1. The van der Waals surface area contributed by atoms with Gasteiger partial charge in [-0.25, -0.2) is 4.39 Å². The molecule has 192 valence electrons. The third-order valence-corrected chi connectivity index (χ3v) is 7.64. The Kier molecular flexibility index (Phi) is 6.95. The van der Waals surface area contributed by atoms with Crippen LogP contribution < -0.4 is 10.5 Å². The molecule has 1 aromatic carbocycles. The fourth-order valence-electron chi connectivity index (χ4n) is 5.34. The molecule has 3 aromatic rings. The monoisotopic (exact) mass is 494 g/mol. The van der Waals surface area contributed by atoms with Gasteiger partial charge in [-0.05, 0) is 57.9 Å². The number of fused-ring (bicyclic) bond motifs is 1. The minimum atomic E-state index is -0.625. The average Bonchev–Trinajstić information content (AvgIpc) is 3.26. The zero-order chi connectivity index (χ0) is 26.4. The van der Waals surface area contributed by atoms with Crippen molar-refractivity contribution in [1.82, 2.24) is 19.2 Å². The highest BCUT2D eigenvalue weighted by Gasteiger charge is 2.36. The van der Waals surface area contributed by atoms with Gasteiger partial charge in [-0.15, -0.1) is 0 Å². The Balaban J connectivity index is 1.68. The molecule has 1 aliphatic rings. The summed E-state index contributed by atoms with van der Waals surface area (Å²) >= 11 is 0. The fraction of sp³-hybridized carbons (Fsp3) is 0.519. The number of anilines is 1. The lowest BCUT2D eigenvalue weighted by Gasteiger charge is -2.48. The van der Waals surface area contributed by atoms with Crippen molar-refractivity contribution >= 4 is 16.7 Å². The van der Waals surface area contributed by atoms with Gasteiger partial charge in [0, 0.05) is 51.4 Å². The number of aryl methyl sites for hydroxylation is 1. The van der Waals surface area contributed by atoms with E-state index >= 15 is 0 Å². The van der Waals surface area contributed by atoms with Crippen molar-refractivity contribution in [3.63, 3.8) is 0 Å². The number of halogens is 1. The minimum absolute atomic E-state index is 0.0353. The third-order valence-electron chi connectivity index (χ3n) is 7.64. The van der Waals surface area contributed by atoms with Crippen LogP contribution in [-0.2, 0) is 23.9 Å². The molecular weight excluding hydrogens is 459 g/mol. The fourth-order valence-corrected chi connectivity index (χ4v) is 5.34. The molecule has 1 unspecified atom stereocenters. The van der Waals surface area contributed by atoms with Crippen molar-refractivity contribution in [2.24, 2.45) is 7.05 Å². The SMILES string of the molecule is COC(C)(C)c1cc(F)ccc1C(C)N1C[C@H](C)N(c2cc(=O)n(C)c3cn(CC#N)nc23)C[C@H]1C. The molecule has 8 nitrogen and oxygen atoms in total. The van der Waals surface area contributed by atoms with E-state index in [1.807, 2.05) is 19.9 Å². The molecule has 0 N–H and O–H groups in total. The summed E-state index contributed by atoms with van der Waals surface area (Å²) in [5, 5.41) is 13.7. The molecular formula is C27H35FN6O2. The molecule has 0 saturated carbocycles. The van der Waals surface area contributed by atoms with E-state index in [2.05, 4.69) is 41.7 Å². The Morgan fingerprint density at radius 3 is 2.64 bits per heavy atom. The second kappa shape index (κ2) is 9.68. The smallest absolute Gasteiger partial charge is 0.252 e. The average molecular weight is 495 g/mol. The minimum Gasteiger partial charge on any atom is -0.374 e. The molecule has 3 heterocycles. The maximum absolute atomic E-state index is 14.2. The van der Waals surface area contributed by atoms with Crippen molar-refractivity contribution in [3.8, 4) is 6.07 Å². The van der Waals surface area contributed by atoms with Crippen LogP contribution in [0.3, 0.4) is 0 Å². The topological polar surface area (TPSA) is 79.3 Å². The lowest BCUT2D eigenvalue weighted by molar-refractivity contribution is 0.0161.